The number of aliphatic hydroxyl groups is 2. The van der Waals surface area contributed by atoms with Crippen molar-refractivity contribution in [2.75, 3.05) is 5.75 Å². The molecule has 0 aliphatic carbocycles. The number of hydrogen-bond donors (Lipinski definition) is 2. The summed E-state index contributed by atoms with van der Waals surface area (Å²) in [6.07, 6.45) is -2.46. The molecular weight excluding hydrogens is 292 g/mol. The first-order chi connectivity index (χ1) is 9.01. The molecule has 0 saturated carbocycles. The van der Waals surface area contributed by atoms with Gasteiger partial charge in [0.25, 0.3) is 0 Å². The molecule has 0 radical (unpaired) electrons. The summed E-state index contributed by atoms with van der Waals surface area (Å²) in [4.78, 5) is 0. The fourth-order valence-corrected chi connectivity index (χ4v) is 4.20. The Morgan fingerprint density at radius 2 is 1.75 bits per heavy atom. The quantitative estimate of drug-likeness (QED) is 0.779. The number of rotatable bonds is 4. The van der Waals surface area contributed by atoms with E-state index in [2.05, 4.69) is 33.9 Å². The van der Waals surface area contributed by atoms with E-state index in [0.29, 0.717) is 0 Å². The van der Waals surface area contributed by atoms with Crippen LogP contribution in [0.1, 0.15) is 34.6 Å². The highest BCUT2D eigenvalue weighted by molar-refractivity contribution is 7.99. The van der Waals surface area contributed by atoms with E-state index in [1.807, 2.05) is 13.8 Å². The third-order valence-electron chi connectivity index (χ3n) is 4.35. The third-order valence-corrected chi connectivity index (χ3v) is 9.88. The lowest BCUT2D eigenvalue weighted by Crippen LogP contribution is -2.60. The highest BCUT2D eigenvalue weighted by atomic mass is 32.2. The fourth-order valence-electron chi connectivity index (χ4n) is 1.96. The molecule has 1 rings (SSSR count). The van der Waals surface area contributed by atoms with Gasteiger partial charge in [0.05, 0.1) is 6.10 Å². The van der Waals surface area contributed by atoms with Gasteiger partial charge in [-0.3, -0.25) is 0 Å². The van der Waals surface area contributed by atoms with E-state index in [-0.39, 0.29) is 16.6 Å². The molecule has 0 unspecified atom stereocenters. The maximum atomic E-state index is 10.5. The van der Waals surface area contributed by atoms with Gasteiger partial charge in [-0.25, -0.2) is 0 Å². The first-order valence-corrected chi connectivity index (χ1v) is 11.3. The molecule has 2 N–H and O–H groups in total. The highest BCUT2D eigenvalue weighted by Crippen LogP contribution is 2.40. The predicted octanol–water partition coefficient (Wildman–Crippen LogP) is 2.60. The van der Waals surface area contributed by atoms with Gasteiger partial charge in [0.15, 0.2) is 8.32 Å². The van der Waals surface area contributed by atoms with Gasteiger partial charge >= 0.3 is 0 Å². The maximum Gasteiger partial charge on any atom is 0.192 e. The third kappa shape index (κ3) is 3.99. The Morgan fingerprint density at radius 3 is 2.20 bits per heavy atom. The normalized spacial score (nSPS) is 36.1. The van der Waals surface area contributed by atoms with Crippen molar-refractivity contribution in [2.24, 2.45) is 0 Å². The Morgan fingerprint density at radius 1 is 1.20 bits per heavy atom. The Hall–Kier alpha value is 0.407. The van der Waals surface area contributed by atoms with Gasteiger partial charge in [-0.1, -0.05) is 27.7 Å². The standard InChI is InChI=1S/C14H30O4SSi/c1-8-19-13-11(16)12(10(15)9(2)17-13)18-20(6,7)14(3,4)5/h9-13,15-16H,8H2,1-7H3/t9-,10-,11+,12+,13-/m0/s1. The second kappa shape index (κ2) is 6.67. The average molecular weight is 323 g/mol. The van der Waals surface area contributed by atoms with Crippen LogP contribution in [0.3, 0.4) is 0 Å². The lowest BCUT2D eigenvalue weighted by Gasteiger charge is -2.47. The summed E-state index contributed by atoms with van der Waals surface area (Å²) in [6, 6.07) is 0. The van der Waals surface area contributed by atoms with Crippen LogP contribution in [0.4, 0.5) is 0 Å². The largest absolute Gasteiger partial charge is 0.408 e. The average Bonchev–Trinajstić information content (AvgIpc) is 2.30. The van der Waals surface area contributed by atoms with Crippen molar-refractivity contribution in [1.82, 2.24) is 0 Å². The smallest absolute Gasteiger partial charge is 0.192 e. The molecule has 4 nitrogen and oxygen atoms in total. The van der Waals surface area contributed by atoms with Gasteiger partial charge in [-0.2, -0.15) is 0 Å². The van der Waals surface area contributed by atoms with Crippen LogP contribution >= 0.6 is 11.8 Å². The van der Waals surface area contributed by atoms with E-state index >= 15 is 0 Å². The van der Waals surface area contributed by atoms with Crippen LogP contribution in [0.5, 0.6) is 0 Å². The number of hydrogen-bond acceptors (Lipinski definition) is 5. The first kappa shape index (κ1) is 18.5. The van der Waals surface area contributed by atoms with Gasteiger partial charge in [-0.05, 0) is 30.8 Å². The SMILES string of the molecule is CCS[C@@H]1O[C@@H](C)[C@H](O)[C@@H](O[Si](C)(C)C(C)(C)C)[C@H]1O. The summed E-state index contributed by atoms with van der Waals surface area (Å²) in [5.74, 6) is 0.858. The van der Waals surface area contributed by atoms with Crippen molar-refractivity contribution in [3.8, 4) is 0 Å². The molecule has 1 heterocycles. The van der Waals surface area contributed by atoms with Crippen molar-refractivity contribution in [3.63, 3.8) is 0 Å². The molecular formula is C14H30O4SSi. The van der Waals surface area contributed by atoms with Crippen LogP contribution in [0, 0.1) is 0 Å². The summed E-state index contributed by atoms with van der Waals surface area (Å²) in [5.41, 5.74) is -0.326. The summed E-state index contributed by atoms with van der Waals surface area (Å²) in [5, 5.41) is 20.8. The van der Waals surface area contributed by atoms with E-state index in [4.69, 9.17) is 9.16 Å². The van der Waals surface area contributed by atoms with Gasteiger partial charge < -0.3 is 19.4 Å². The molecule has 1 aliphatic rings. The molecule has 6 heteroatoms. The van der Waals surface area contributed by atoms with Crippen LogP contribution in [0.25, 0.3) is 0 Å². The van der Waals surface area contributed by atoms with Crippen LogP contribution in [-0.2, 0) is 9.16 Å². The number of thioether (sulfide) groups is 1. The molecule has 120 valence electrons. The molecule has 0 aromatic carbocycles. The minimum atomic E-state index is -2.04. The van der Waals surface area contributed by atoms with Gasteiger partial charge in [0.2, 0.25) is 0 Å². The minimum Gasteiger partial charge on any atom is -0.408 e. The van der Waals surface area contributed by atoms with Crippen molar-refractivity contribution in [2.45, 2.75) is 82.6 Å². The zero-order chi connectivity index (χ0) is 15.7. The van der Waals surface area contributed by atoms with Gasteiger partial charge in [0, 0.05) is 0 Å². The molecule has 0 spiro atoms. The lowest BCUT2D eigenvalue weighted by atomic mass is 10.0. The first-order valence-electron chi connectivity index (χ1n) is 7.32. The molecule has 20 heavy (non-hydrogen) atoms. The van der Waals surface area contributed by atoms with E-state index in [1.54, 1.807) is 11.8 Å². The summed E-state index contributed by atoms with van der Waals surface area (Å²) < 4.78 is 11.9. The van der Waals surface area contributed by atoms with Crippen LogP contribution < -0.4 is 0 Å². The highest BCUT2D eigenvalue weighted by Gasteiger charge is 2.48. The zero-order valence-corrected chi connectivity index (χ0v) is 15.5. The zero-order valence-electron chi connectivity index (χ0n) is 13.7. The van der Waals surface area contributed by atoms with E-state index < -0.39 is 26.6 Å². The monoisotopic (exact) mass is 322 g/mol. The minimum absolute atomic E-state index is 0.0430. The summed E-state index contributed by atoms with van der Waals surface area (Å²) in [6.45, 7) is 14.6. The molecule has 1 fully saturated rings. The second-order valence-corrected chi connectivity index (χ2v) is 13.1. The Bertz CT molecular complexity index is 319. The molecule has 0 bridgehead atoms. The molecule has 1 aliphatic heterocycles. The van der Waals surface area contributed by atoms with Crippen molar-refractivity contribution in [1.29, 1.82) is 0 Å². The van der Waals surface area contributed by atoms with E-state index in [9.17, 15) is 10.2 Å². The van der Waals surface area contributed by atoms with Crippen molar-refractivity contribution < 1.29 is 19.4 Å². The summed E-state index contributed by atoms with van der Waals surface area (Å²) in [7, 11) is -2.04. The van der Waals surface area contributed by atoms with Crippen molar-refractivity contribution in [3.05, 3.63) is 0 Å². The Labute approximate surface area is 128 Å². The van der Waals surface area contributed by atoms with Gasteiger partial charge in [0.1, 0.15) is 23.7 Å². The lowest BCUT2D eigenvalue weighted by molar-refractivity contribution is -0.187. The summed E-state index contributed by atoms with van der Waals surface area (Å²) >= 11 is 1.56. The van der Waals surface area contributed by atoms with Crippen LogP contribution in [-0.4, -0.2) is 54.1 Å². The molecule has 0 amide bonds. The molecule has 0 aromatic heterocycles. The molecule has 0 aromatic rings. The van der Waals surface area contributed by atoms with E-state index in [0.717, 1.165) is 5.75 Å². The maximum absolute atomic E-state index is 10.5. The second-order valence-electron chi connectivity index (χ2n) is 6.99. The van der Waals surface area contributed by atoms with Crippen LogP contribution in [0.15, 0.2) is 0 Å². The predicted molar refractivity (Wildman–Crippen MR) is 86.6 cm³/mol. The van der Waals surface area contributed by atoms with Gasteiger partial charge in [-0.15, -0.1) is 11.8 Å². The fraction of sp³-hybridized carbons (Fsp3) is 1.00. The Balaban J connectivity index is 2.89. The van der Waals surface area contributed by atoms with E-state index in [1.165, 1.54) is 0 Å². The topological polar surface area (TPSA) is 58.9 Å². The molecule has 5 atom stereocenters. The number of aliphatic hydroxyl groups excluding tert-OH is 2. The Kier molecular flexibility index (Phi) is 6.15. The number of ether oxygens (including phenoxy) is 1. The molecule has 1 saturated heterocycles. The van der Waals surface area contributed by atoms with Crippen molar-refractivity contribution >= 4 is 20.1 Å². The van der Waals surface area contributed by atoms with Crippen LogP contribution in [0.2, 0.25) is 18.1 Å².